The second-order valence-corrected chi connectivity index (χ2v) is 5.84. The number of thiocarbonyl (C=S) groups is 1. The summed E-state index contributed by atoms with van der Waals surface area (Å²) in [6, 6.07) is 12.3. The summed E-state index contributed by atoms with van der Waals surface area (Å²) in [4.78, 5) is 11.9. The van der Waals surface area contributed by atoms with Crippen LogP contribution in [0.2, 0.25) is 5.02 Å². The van der Waals surface area contributed by atoms with Crippen LogP contribution in [0.1, 0.15) is 5.56 Å². The summed E-state index contributed by atoms with van der Waals surface area (Å²) in [6.07, 6.45) is 0.207. The SMILES string of the molecule is COc1ccc(NC(=S)NNC(=O)Cc2ccc(Cl)cc2)c(OC)c1. The summed E-state index contributed by atoms with van der Waals surface area (Å²) in [5.74, 6) is 1.00. The minimum atomic E-state index is -0.229. The van der Waals surface area contributed by atoms with Crippen molar-refractivity contribution in [2.75, 3.05) is 19.5 Å². The monoisotopic (exact) mass is 379 g/mol. The molecular formula is C17H18ClN3O3S. The van der Waals surface area contributed by atoms with Gasteiger partial charge in [0.25, 0.3) is 0 Å². The molecule has 0 saturated carbocycles. The number of nitrogens with one attached hydrogen (secondary N) is 3. The molecule has 0 aromatic heterocycles. The number of hydrazine groups is 1. The summed E-state index contributed by atoms with van der Waals surface area (Å²) in [7, 11) is 3.12. The Kier molecular flexibility index (Phi) is 6.85. The third kappa shape index (κ3) is 5.81. The van der Waals surface area contributed by atoms with Crippen LogP contribution in [-0.2, 0) is 11.2 Å². The van der Waals surface area contributed by atoms with Gasteiger partial charge >= 0.3 is 0 Å². The number of methoxy groups -OCH3 is 2. The predicted octanol–water partition coefficient (Wildman–Crippen LogP) is 2.92. The molecule has 0 atom stereocenters. The fourth-order valence-electron chi connectivity index (χ4n) is 2.01. The molecule has 0 unspecified atom stereocenters. The lowest BCUT2D eigenvalue weighted by molar-refractivity contribution is -0.120. The molecule has 2 aromatic rings. The maximum Gasteiger partial charge on any atom is 0.242 e. The van der Waals surface area contributed by atoms with Crippen LogP contribution < -0.4 is 25.6 Å². The topological polar surface area (TPSA) is 71.6 Å². The van der Waals surface area contributed by atoms with Crippen LogP contribution in [0.5, 0.6) is 11.5 Å². The van der Waals surface area contributed by atoms with Crippen LogP contribution in [0.3, 0.4) is 0 Å². The number of anilines is 1. The van der Waals surface area contributed by atoms with Crippen LogP contribution in [0.15, 0.2) is 42.5 Å². The van der Waals surface area contributed by atoms with E-state index in [0.29, 0.717) is 22.2 Å². The van der Waals surface area contributed by atoms with Gasteiger partial charge in [-0.2, -0.15) is 0 Å². The molecule has 0 aliphatic carbocycles. The zero-order valence-electron chi connectivity index (χ0n) is 13.8. The molecule has 0 heterocycles. The van der Waals surface area contributed by atoms with Crippen molar-refractivity contribution in [1.29, 1.82) is 0 Å². The first-order valence-electron chi connectivity index (χ1n) is 7.34. The number of amides is 1. The van der Waals surface area contributed by atoms with Crippen LogP contribution >= 0.6 is 23.8 Å². The standard InChI is InChI=1S/C17H18ClN3O3S/c1-23-13-7-8-14(15(10-13)24-2)19-17(25)21-20-16(22)9-11-3-5-12(18)6-4-11/h3-8,10H,9H2,1-2H3,(H,20,22)(H2,19,21,25). The Morgan fingerprint density at radius 3 is 2.44 bits per heavy atom. The molecular weight excluding hydrogens is 362 g/mol. The summed E-state index contributed by atoms with van der Waals surface area (Å²) in [6.45, 7) is 0. The van der Waals surface area contributed by atoms with Gasteiger partial charge in [-0.25, -0.2) is 0 Å². The zero-order chi connectivity index (χ0) is 18.2. The largest absolute Gasteiger partial charge is 0.497 e. The molecule has 0 saturated heterocycles. The van der Waals surface area contributed by atoms with Crippen molar-refractivity contribution in [3.63, 3.8) is 0 Å². The molecule has 0 aliphatic rings. The van der Waals surface area contributed by atoms with Crippen molar-refractivity contribution in [3.05, 3.63) is 53.1 Å². The molecule has 8 heteroatoms. The van der Waals surface area contributed by atoms with Crippen LogP contribution in [-0.4, -0.2) is 25.2 Å². The van der Waals surface area contributed by atoms with Gasteiger partial charge < -0.3 is 14.8 Å². The van der Waals surface area contributed by atoms with Gasteiger partial charge in [-0.05, 0) is 42.0 Å². The quantitative estimate of drug-likeness (QED) is 0.548. The lowest BCUT2D eigenvalue weighted by Crippen LogP contribution is -2.44. The summed E-state index contributed by atoms with van der Waals surface area (Å²) >= 11 is 11.0. The summed E-state index contributed by atoms with van der Waals surface area (Å²) in [5, 5.41) is 3.80. The highest BCUT2D eigenvalue weighted by atomic mass is 35.5. The molecule has 0 radical (unpaired) electrons. The second-order valence-electron chi connectivity index (χ2n) is 5.00. The lowest BCUT2D eigenvalue weighted by Gasteiger charge is -2.14. The number of carbonyl (C=O) groups excluding carboxylic acids is 1. The maximum atomic E-state index is 11.9. The van der Waals surface area contributed by atoms with E-state index in [1.165, 1.54) is 0 Å². The van der Waals surface area contributed by atoms with Crippen LogP contribution in [0.4, 0.5) is 5.69 Å². The summed E-state index contributed by atoms with van der Waals surface area (Å²) in [5.41, 5.74) is 6.68. The molecule has 0 bridgehead atoms. The minimum Gasteiger partial charge on any atom is -0.497 e. The first kappa shape index (κ1) is 18.8. The Morgan fingerprint density at radius 1 is 1.08 bits per heavy atom. The highest BCUT2D eigenvalue weighted by Crippen LogP contribution is 2.28. The van der Waals surface area contributed by atoms with Gasteiger partial charge in [0.05, 0.1) is 26.3 Å². The van der Waals surface area contributed by atoms with E-state index in [1.807, 2.05) is 0 Å². The number of carbonyl (C=O) groups is 1. The number of halogens is 1. The lowest BCUT2D eigenvalue weighted by atomic mass is 10.1. The molecule has 3 N–H and O–H groups in total. The second kappa shape index (κ2) is 9.10. The Balaban J connectivity index is 1.86. The predicted molar refractivity (Wildman–Crippen MR) is 102 cm³/mol. The number of hydrogen-bond donors (Lipinski definition) is 3. The molecule has 132 valence electrons. The van der Waals surface area contributed by atoms with Gasteiger partial charge in [0.1, 0.15) is 11.5 Å². The molecule has 0 fully saturated rings. The minimum absolute atomic E-state index is 0.207. The smallest absolute Gasteiger partial charge is 0.242 e. The number of rotatable bonds is 5. The van der Waals surface area contributed by atoms with Crippen molar-refractivity contribution in [1.82, 2.24) is 10.9 Å². The van der Waals surface area contributed by atoms with Crippen molar-refractivity contribution in [2.24, 2.45) is 0 Å². The van der Waals surface area contributed by atoms with E-state index in [0.717, 1.165) is 5.56 Å². The van der Waals surface area contributed by atoms with Crippen LogP contribution in [0.25, 0.3) is 0 Å². The maximum absolute atomic E-state index is 11.9. The van der Waals surface area contributed by atoms with Gasteiger partial charge in [-0.1, -0.05) is 23.7 Å². The third-order valence-electron chi connectivity index (χ3n) is 3.25. The number of hydrogen-bond acceptors (Lipinski definition) is 4. The van der Waals surface area contributed by atoms with Crippen LogP contribution in [0, 0.1) is 0 Å². The van der Waals surface area contributed by atoms with Gasteiger partial charge in [-0.3, -0.25) is 15.6 Å². The zero-order valence-corrected chi connectivity index (χ0v) is 15.3. The van der Waals surface area contributed by atoms with Gasteiger partial charge in [0.2, 0.25) is 5.91 Å². The Labute approximate surface area is 156 Å². The highest BCUT2D eigenvalue weighted by Gasteiger charge is 2.08. The first-order chi connectivity index (χ1) is 12.0. The van der Waals surface area contributed by atoms with E-state index in [-0.39, 0.29) is 17.4 Å². The molecule has 2 aromatic carbocycles. The molecule has 0 aliphatic heterocycles. The molecule has 2 rings (SSSR count). The number of ether oxygens (including phenoxy) is 2. The Hall–Kier alpha value is -2.51. The van der Waals surface area contributed by atoms with Gasteiger partial charge in [0, 0.05) is 11.1 Å². The van der Waals surface area contributed by atoms with E-state index in [2.05, 4.69) is 16.2 Å². The van der Waals surface area contributed by atoms with E-state index < -0.39 is 0 Å². The third-order valence-corrected chi connectivity index (χ3v) is 3.71. The molecule has 25 heavy (non-hydrogen) atoms. The van der Waals surface area contributed by atoms with Crippen molar-refractivity contribution >= 4 is 40.5 Å². The first-order valence-corrected chi connectivity index (χ1v) is 8.12. The Morgan fingerprint density at radius 2 is 1.80 bits per heavy atom. The summed E-state index contributed by atoms with van der Waals surface area (Å²) < 4.78 is 10.4. The van der Waals surface area contributed by atoms with Crippen molar-refractivity contribution in [2.45, 2.75) is 6.42 Å². The number of benzene rings is 2. The molecule has 0 spiro atoms. The Bertz CT molecular complexity index is 753. The molecule has 6 nitrogen and oxygen atoms in total. The molecule has 1 amide bonds. The van der Waals surface area contributed by atoms with E-state index in [9.17, 15) is 4.79 Å². The average Bonchev–Trinajstić information content (AvgIpc) is 2.62. The van der Waals surface area contributed by atoms with E-state index in [4.69, 9.17) is 33.3 Å². The average molecular weight is 380 g/mol. The van der Waals surface area contributed by atoms with E-state index in [1.54, 1.807) is 56.7 Å². The fourth-order valence-corrected chi connectivity index (χ4v) is 2.30. The van der Waals surface area contributed by atoms with Gasteiger partial charge in [-0.15, -0.1) is 0 Å². The fraction of sp³-hybridized carbons (Fsp3) is 0.176. The van der Waals surface area contributed by atoms with Gasteiger partial charge in [0.15, 0.2) is 5.11 Å². The highest BCUT2D eigenvalue weighted by molar-refractivity contribution is 7.80. The normalized spacial score (nSPS) is 9.88. The van der Waals surface area contributed by atoms with Crippen molar-refractivity contribution in [3.8, 4) is 11.5 Å². The van der Waals surface area contributed by atoms with E-state index >= 15 is 0 Å². The van der Waals surface area contributed by atoms with Crippen molar-refractivity contribution < 1.29 is 14.3 Å².